The number of aromatic nitrogens is 5. The van der Waals surface area contributed by atoms with Crippen LogP contribution in [-0.2, 0) is 55.0 Å². The van der Waals surface area contributed by atoms with Gasteiger partial charge in [-0.05, 0) is 154 Å². The number of thioether (sulfide) groups is 2. The highest BCUT2D eigenvalue weighted by Crippen LogP contribution is 2.29. The van der Waals surface area contributed by atoms with Gasteiger partial charge in [0.2, 0.25) is 11.8 Å². The van der Waals surface area contributed by atoms with Gasteiger partial charge in [-0.3, -0.25) is 14.7 Å². The van der Waals surface area contributed by atoms with Crippen molar-refractivity contribution in [3.63, 3.8) is 0 Å². The molecule has 7 rings (SSSR count). The van der Waals surface area contributed by atoms with Crippen LogP contribution in [0.3, 0.4) is 0 Å². The summed E-state index contributed by atoms with van der Waals surface area (Å²) < 4.78 is 30.3. The Morgan fingerprint density at radius 2 is 1.12 bits per heavy atom. The number of rotatable bonds is 12. The Morgan fingerprint density at radius 1 is 0.631 bits per heavy atom. The van der Waals surface area contributed by atoms with E-state index in [1.807, 2.05) is 135 Å². The summed E-state index contributed by atoms with van der Waals surface area (Å²) in [5.41, 5.74) is 7.45. The summed E-state index contributed by atoms with van der Waals surface area (Å²) in [5, 5.41) is 6.92. The molecule has 20 nitrogen and oxygen atoms in total. The number of nitrogens with one attached hydrogen (secondary N) is 4. The summed E-state index contributed by atoms with van der Waals surface area (Å²) in [6, 6.07) is 10.5. The van der Waals surface area contributed by atoms with Gasteiger partial charge in [0.05, 0.1) is 46.3 Å². The van der Waals surface area contributed by atoms with E-state index in [9.17, 15) is 9.59 Å². The Bertz CT molecular complexity index is 2500. The molecule has 1 unspecified atom stereocenters. The van der Waals surface area contributed by atoms with Crippen LogP contribution in [0.2, 0.25) is 0 Å². The lowest BCUT2D eigenvalue weighted by molar-refractivity contribution is -0.122. The molecule has 0 saturated carbocycles. The van der Waals surface area contributed by atoms with Gasteiger partial charge >= 0.3 is 0 Å². The summed E-state index contributed by atoms with van der Waals surface area (Å²) in [4.78, 5) is 57.4. The second-order valence-corrected chi connectivity index (χ2v) is 29.6. The van der Waals surface area contributed by atoms with Gasteiger partial charge in [-0.1, -0.05) is 78.1 Å². The zero-order chi connectivity index (χ0) is 64.3. The van der Waals surface area contributed by atoms with E-state index in [1.165, 1.54) is 34.5 Å². The number of carbonyl (C=O) groups excluding carboxylic acids is 2. The fourth-order valence-electron chi connectivity index (χ4n) is 5.43. The Kier molecular flexibility index (Phi) is 32.5. The highest BCUT2D eigenvalue weighted by atomic mass is 32.2. The van der Waals surface area contributed by atoms with Crippen molar-refractivity contribution in [2.75, 3.05) is 32.2 Å². The molecule has 4 aliphatic heterocycles. The van der Waals surface area contributed by atoms with Crippen molar-refractivity contribution in [3.8, 4) is 0 Å². The van der Waals surface area contributed by atoms with Crippen molar-refractivity contribution < 1.29 is 42.9 Å². The van der Waals surface area contributed by atoms with E-state index >= 15 is 0 Å². The average Bonchev–Trinajstić information content (AvgIpc) is 4.31. The second-order valence-electron chi connectivity index (χ2n) is 26.4. The molecule has 472 valence electrons. The van der Waals surface area contributed by atoms with E-state index in [-0.39, 0.29) is 56.0 Å². The first-order valence-corrected chi connectivity index (χ1v) is 30.4. The van der Waals surface area contributed by atoms with Gasteiger partial charge in [0, 0.05) is 39.9 Å². The number of ketones is 1. The van der Waals surface area contributed by atoms with E-state index in [0.29, 0.717) is 61.9 Å². The third-order valence-corrected chi connectivity index (χ3v) is 13.1. The van der Waals surface area contributed by atoms with E-state index < -0.39 is 0 Å². The zero-order valence-electron chi connectivity index (χ0n) is 54.7. The van der Waals surface area contributed by atoms with Gasteiger partial charge in [0.25, 0.3) is 0 Å². The maximum Gasteiger partial charge on any atom is 0.240 e. The predicted octanol–water partition coefficient (Wildman–Crippen LogP) is 13.1. The number of benzene rings is 1. The molecule has 2 aromatic heterocycles. The monoisotopic (exact) mass is 1230 g/mol. The molecule has 0 aliphatic carbocycles. The molecule has 3 aromatic rings. The predicted molar refractivity (Wildman–Crippen MR) is 345 cm³/mol. The molecule has 1 aromatic carbocycles. The minimum Gasteiger partial charge on any atom is -0.374 e. The van der Waals surface area contributed by atoms with Crippen LogP contribution >= 0.6 is 35.5 Å². The molecule has 84 heavy (non-hydrogen) atoms. The van der Waals surface area contributed by atoms with E-state index in [2.05, 4.69) is 148 Å². The first-order valence-electron chi connectivity index (χ1n) is 27.7. The highest BCUT2D eigenvalue weighted by molar-refractivity contribution is 8.15. The minimum absolute atomic E-state index is 0.000694. The molecular formula is C61H101N11O9S3. The quantitative estimate of drug-likeness (QED) is 0.0749. The van der Waals surface area contributed by atoms with Gasteiger partial charge < -0.3 is 38.1 Å². The Morgan fingerprint density at radius 3 is 1.48 bits per heavy atom. The van der Waals surface area contributed by atoms with Gasteiger partial charge in [0.1, 0.15) is 55.3 Å². The number of Topliss-reactive ketones (excluding diaryl/α,β-unsaturated/α-hetero) is 1. The largest absolute Gasteiger partial charge is 0.374 e. The van der Waals surface area contributed by atoms with Crippen molar-refractivity contribution in [3.05, 3.63) is 102 Å². The van der Waals surface area contributed by atoms with Crippen LogP contribution < -0.4 is 15.7 Å². The van der Waals surface area contributed by atoms with Crippen molar-refractivity contribution in [2.24, 2.45) is 20.4 Å². The molecule has 0 amide bonds. The highest BCUT2D eigenvalue weighted by Gasteiger charge is 2.33. The number of amidine groups is 3. The van der Waals surface area contributed by atoms with Crippen LogP contribution in [-0.4, -0.2) is 119 Å². The van der Waals surface area contributed by atoms with Crippen LogP contribution in [0.4, 0.5) is 0 Å². The summed E-state index contributed by atoms with van der Waals surface area (Å²) in [5.74, 6) is 5.71. The van der Waals surface area contributed by atoms with Gasteiger partial charge in [-0.2, -0.15) is 15.1 Å². The normalized spacial score (nSPS) is 16.0. The summed E-state index contributed by atoms with van der Waals surface area (Å²) in [6.45, 7) is 60.1. The van der Waals surface area contributed by atoms with Crippen LogP contribution in [0.25, 0.3) is 0 Å². The zero-order valence-corrected chi connectivity index (χ0v) is 57.2. The standard InChI is InChI=1S/C12H18S.C9H14N2.C9H14O3S.2C8H14N2O2.C8H14N2OS.C7H13N3O/c1-10-7-5-6-8-11(10)13-9-12(2,3)4;1-7-10-6-5-8(11-7)9(2,3)4;1-9(2,3)12-5-7-6(10)4-8(11)13-7;3*1-6-9-7(10-12-6)5-11-8(2,3)4;1-7(2,3)11-4-6-8-5-9-10-6/h5-8H,9H2,1-4H3;5-6H,1-4H3;7H,4-5H2,1-3H3;3*1,5H2,2-4H3,(H,9,10);5H,4H2,1-3H3,(H,8,9,10). The van der Waals surface area contributed by atoms with Crippen LogP contribution in [0.1, 0.15) is 175 Å². The number of aryl methyl sites for hydroxylation is 2. The van der Waals surface area contributed by atoms with Crippen molar-refractivity contribution in [2.45, 2.75) is 216 Å². The molecule has 4 aliphatic rings. The Balaban J connectivity index is 0.000000490. The Hall–Kier alpha value is -5.14. The number of carbonyl (C=O) groups is 2. The molecule has 6 heterocycles. The van der Waals surface area contributed by atoms with Crippen LogP contribution in [0.5, 0.6) is 0 Å². The van der Waals surface area contributed by atoms with Gasteiger partial charge in [0.15, 0.2) is 22.6 Å². The molecule has 0 radical (unpaired) electrons. The molecule has 1 saturated heterocycles. The first-order chi connectivity index (χ1) is 38.4. The molecule has 23 heteroatoms. The number of ether oxygens (including phenoxy) is 5. The van der Waals surface area contributed by atoms with E-state index in [1.54, 1.807) is 0 Å². The fourth-order valence-corrected chi connectivity index (χ4v) is 7.88. The number of aromatic amines is 1. The van der Waals surface area contributed by atoms with E-state index in [0.717, 1.165) is 40.0 Å². The third-order valence-electron chi connectivity index (χ3n) is 9.59. The maximum atomic E-state index is 11.2. The molecule has 0 bridgehead atoms. The number of H-pyrrole nitrogens is 1. The van der Waals surface area contributed by atoms with Crippen molar-refractivity contribution in [1.82, 2.24) is 40.8 Å². The SMILES string of the molecule is C=C1N=C(COC(C)(C)C)NO1.C=C1N=C(COC(C)(C)C)NO1.C=C1N=C(COC(C)(C)C)NS1.CC(C)(C)OCC1SC(=O)CC1=O.CC(C)(C)OCc1ncn[nH]1.Cc1ccccc1SCC(C)(C)C.Cc1nccc(C(C)(C)C)n1. The van der Waals surface area contributed by atoms with Crippen molar-refractivity contribution in [1.29, 1.82) is 0 Å². The number of hydrogen-bond donors (Lipinski definition) is 4. The van der Waals surface area contributed by atoms with Gasteiger partial charge in [-0.15, -0.1) is 11.8 Å². The summed E-state index contributed by atoms with van der Waals surface area (Å²) in [6.07, 6.45) is 3.35. The van der Waals surface area contributed by atoms with Crippen LogP contribution in [0, 0.1) is 19.3 Å². The number of hydrogen-bond acceptors (Lipinski definition) is 22. The minimum atomic E-state index is -0.272. The topological polar surface area (TPSA) is 239 Å². The lowest BCUT2D eigenvalue weighted by atomic mass is 9.92. The number of aliphatic imine (C=N–C) groups is 3. The second kappa shape index (κ2) is 35.5. The maximum absolute atomic E-state index is 11.2. The fraction of sp³-hybridized carbons (Fsp3) is 0.623. The van der Waals surface area contributed by atoms with Crippen molar-refractivity contribution >= 4 is 63.9 Å². The Labute approximate surface area is 515 Å². The van der Waals surface area contributed by atoms with E-state index in [4.69, 9.17) is 33.4 Å². The lowest BCUT2D eigenvalue weighted by Crippen LogP contribution is -2.28. The molecule has 0 spiro atoms. The molecule has 1 fully saturated rings. The molecular weight excluding hydrogens is 1130 g/mol. The summed E-state index contributed by atoms with van der Waals surface area (Å²) in [7, 11) is 0. The first kappa shape index (κ1) is 76.9. The number of hydroxylamine groups is 2. The smallest absolute Gasteiger partial charge is 0.240 e. The lowest BCUT2D eigenvalue weighted by Gasteiger charge is -2.20. The van der Waals surface area contributed by atoms with Crippen LogP contribution in [0.15, 0.2) is 99.3 Å². The molecule has 1 atom stereocenters. The van der Waals surface area contributed by atoms with Gasteiger partial charge in [-0.25, -0.2) is 30.9 Å². The number of nitrogens with zero attached hydrogens (tertiary/aromatic N) is 7. The molecule has 4 N–H and O–H groups in total. The summed E-state index contributed by atoms with van der Waals surface area (Å²) >= 11 is 4.48. The third kappa shape index (κ3) is 41.0. The average molecular weight is 1230 g/mol.